The third-order valence-corrected chi connectivity index (χ3v) is 8.68. The van der Waals surface area contributed by atoms with Crippen molar-refractivity contribution in [3.63, 3.8) is 0 Å². The van der Waals surface area contributed by atoms with Crippen LogP contribution >= 0.6 is 0 Å². The number of phenols is 2. The van der Waals surface area contributed by atoms with Crippen molar-refractivity contribution < 1.29 is 37.2 Å². The Kier molecular flexibility index (Phi) is 12.9. The summed E-state index contributed by atoms with van der Waals surface area (Å²) in [6, 6.07) is 26.2. The van der Waals surface area contributed by atoms with Crippen LogP contribution < -0.4 is 0 Å². The summed E-state index contributed by atoms with van der Waals surface area (Å²) in [6.07, 6.45) is 4.45. The summed E-state index contributed by atoms with van der Waals surface area (Å²) in [7, 11) is 0. The Balaban J connectivity index is 0.000000244. The molecule has 2 aromatic heterocycles. The quantitative estimate of drug-likeness (QED) is 0.0962. The van der Waals surface area contributed by atoms with Crippen LogP contribution in [-0.4, -0.2) is 52.4 Å². The van der Waals surface area contributed by atoms with Gasteiger partial charge < -0.3 is 20.4 Å². The van der Waals surface area contributed by atoms with Gasteiger partial charge in [0.15, 0.2) is 5.69 Å². The van der Waals surface area contributed by atoms with Crippen LogP contribution in [0.25, 0.3) is 16.2 Å². The van der Waals surface area contributed by atoms with E-state index in [1.165, 1.54) is 28.0 Å². The van der Waals surface area contributed by atoms with Gasteiger partial charge in [0.1, 0.15) is 22.9 Å². The van der Waals surface area contributed by atoms with Gasteiger partial charge in [-0.2, -0.15) is 15.5 Å². The molecule has 0 saturated carbocycles. The van der Waals surface area contributed by atoms with E-state index < -0.39 is 0 Å². The minimum atomic E-state index is -0.0741. The summed E-state index contributed by atoms with van der Waals surface area (Å²) in [6.45, 7) is 21.3. The number of benzene rings is 4. The normalized spacial score (nSPS) is 11.4. The SMILES string of the molecule is CC(C)(C)c1ccc(O)c(N=Cc2cnn(-c3ccc(C#N)cc3)c2O)c1.[C-]#[N+]c1ccc(-n2nc(C)c(C=Nc3cc(C(C)(C)C)ccc3O)c2O)cc1.[Co]. The zero-order chi connectivity index (χ0) is 40.1. The van der Waals surface area contributed by atoms with Crippen molar-refractivity contribution in [3.05, 3.63) is 136 Å². The molecule has 4 N–H and O–H groups in total. The van der Waals surface area contributed by atoms with Crippen LogP contribution in [0.1, 0.15) is 75.1 Å². The Morgan fingerprint density at radius 2 is 1.21 bits per heavy atom. The maximum absolute atomic E-state index is 10.6. The van der Waals surface area contributed by atoms with Crippen LogP contribution in [0.2, 0.25) is 0 Å². The van der Waals surface area contributed by atoms with Crippen molar-refractivity contribution in [3.8, 4) is 40.7 Å². The molecule has 13 heteroatoms. The largest absolute Gasteiger partial charge is 0.506 e. The van der Waals surface area contributed by atoms with Crippen molar-refractivity contribution in [2.75, 3.05) is 0 Å². The molecule has 0 unspecified atom stereocenters. The zero-order valence-corrected chi connectivity index (χ0v) is 33.1. The van der Waals surface area contributed by atoms with E-state index in [4.69, 9.17) is 11.8 Å². The first kappa shape index (κ1) is 42.1. The van der Waals surface area contributed by atoms with Gasteiger partial charge in [0.2, 0.25) is 11.8 Å². The second-order valence-corrected chi connectivity index (χ2v) is 14.8. The summed E-state index contributed by atoms with van der Waals surface area (Å²) in [4.78, 5) is 12.1. The number of aliphatic imine (C=N–C) groups is 2. The van der Waals surface area contributed by atoms with Crippen LogP contribution in [-0.2, 0) is 27.6 Å². The molecular formula is C43H42CoN8O4. The van der Waals surface area contributed by atoms with Crippen molar-refractivity contribution in [2.45, 2.75) is 59.3 Å². The topological polar surface area (TPSA) is 169 Å². The number of aromatic nitrogens is 4. The Morgan fingerprint density at radius 1 is 0.714 bits per heavy atom. The van der Waals surface area contributed by atoms with Gasteiger partial charge in [-0.25, -0.2) is 14.2 Å². The average molecular weight is 794 g/mol. The predicted molar refractivity (Wildman–Crippen MR) is 214 cm³/mol. The molecule has 0 aliphatic heterocycles. The summed E-state index contributed by atoms with van der Waals surface area (Å²) in [5.41, 5.74) is 6.61. The first-order chi connectivity index (χ1) is 26.0. The summed E-state index contributed by atoms with van der Waals surface area (Å²) < 4.78 is 2.75. The fraction of sp³-hybridized carbons (Fsp3) is 0.209. The second kappa shape index (κ2) is 17.2. The van der Waals surface area contributed by atoms with Crippen LogP contribution in [0.15, 0.2) is 101 Å². The van der Waals surface area contributed by atoms with Crippen molar-refractivity contribution >= 4 is 29.5 Å². The molecule has 0 bridgehead atoms. The maximum atomic E-state index is 10.6. The predicted octanol–water partition coefficient (Wildman–Crippen LogP) is 9.39. The van der Waals surface area contributed by atoms with E-state index in [-0.39, 0.29) is 50.9 Å². The Morgan fingerprint density at radius 3 is 1.71 bits per heavy atom. The molecule has 12 nitrogen and oxygen atoms in total. The molecule has 0 amide bonds. The molecule has 0 fully saturated rings. The van der Waals surface area contributed by atoms with E-state index in [1.807, 2.05) is 30.3 Å². The molecule has 56 heavy (non-hydrogen) atoms. The summed E-state index contributed by atoms with van der Waals surface area (Å²) >= 11 is 0. The van der Waals surface area contributed by atoms with Gasteiger partial charge in [-0.1, -0.05) is 65.8 Å². The van der Waals surface area contributed by atoms with E-state index in [2.05, 4.69) is 66.6 Å². The number of aryl methyl sites for hydroxylation is 1. The fourth-order valence-electron chi connectivity index (χ4n) is 5.30. The van der Waals surface area contributed by atoms with Gasteiger partial charge in [0.25, 0.3) is 0 Å². The number of nitriles is 1. The van der Waals surface area contributed by atoms with Crippen LogP contribution in [0.4, 0.5) is 17.1 Å². The van der Waals surface area contributed by atoms with Gasteiger partial charge in [-0.05, 0) is 89.5 Å². The van der Waals surface area contributed by atoms with Crippen LogP contribution in [0.3, 0.4) is 0 Å². The zero-order valence-electron chi connectivity index (χ0n) is 32.0. The van der Waals surface area contributed by atoms with Crippen LogP contribution in [0.5, 0.6) is 23.3 Å². The number of phenolic OH excluding ortho intramolecular Hbond substituents is 2. The number of aromatic hydroxyl groups is 4. The van der Waals surface area contributed by atoms with Gasteiger partial charge in [-0.15, -0.1) is 0 Å². The first-order valence-electron chi connectivity index (χ1n) is 17.3. The Bertz CT molecular complexity index is 2470. The van der Waals surface area contributed by atoms with Gasteiger partial charge >= 0.3 is 0 Å². The standard InChI is InChI=1S/C22H22N4O2.C21H20N4O2.Co/c1-14-18(13-24-19-12-15(22(2,3)4)6-11-20(19)27)21(28)26(25-14)17-9-7-16(23-5)8-10-17;1-21(2,3)16-6-9-19(26)18(10-16)23-12-15-13-24-25(20(15)27)17-7-4-14(11-22)5-8-17;/h6-13,27-28H,1-4H3;4-10,12-13,26-27H,1-3H3;. The molecule has 0 aliphatic rings. The molecule has 4 aromatic carbocycles. The average Bonchev–Trinajstić information content (AvgIpc) is 3.66. The Hall–Kier alpha value is -6.67. The smallest absolute Gasteiger partial charge is 0.223 e. The van der Waals surface area contributed by atoms with Gasteiger partial charge in [0, 0.05) is 29.2 Å². The minimum absolute atomic E-state index is 0. The molecule has 6 aromatic rings. The van der Waals surface area contributed by atoms with Crippen molar-refractivity contribution in [1.82, 2.24) is 19.6 Å². The van der Waals surface area contributed by atoms with E-state index >= 15 is 0 Å². The monoisotopic (exact) mass is 793 g/mol. The number of hydrogen-bond donors (Lipinski definition) is 4. The van der Waals surface area contributed by atoms with Crippen molar-refractivity contribution in [2.24, 2.45) is 9.98 Å². The molecule has 0 saturated heterocycles. The molecule has 0 spiro atoms. The number of nitrogens with zero attached hydrogens (tertiary/aromatic N) is 8. The number of rotatable bonds is 6. The third kappa shape index (κ3) is 9.70. The van der Waals surface area contributed by atoms with Crippen molar-refractivity contribution in [1.29, 1.82) is 5.26 Å². The summed E-state index contributed by atoms with van der Waals surface area (Å²) in [5, 5.41) is 58.6. The second-order valence-electron chi connectivity index (χ2n) is 14.8. The van der Waals surface area contributed by atoms with Crippen LogP contribution in [0, 0.1) is 24.8 Å². The van der Waals surface area contributed by atoms with Gasteiger partial charge in [-0.3, -0.25) is 9.98 Å². The molecule has 0 atom stereocenters. The van der Waals surface area contributed by atoms with Gasteiger partial charge in [0.05, 0.1) is 52.6 Å². The van der Waals surface area contributed by atoms with E-state index in [9.17, 15) is 20.4 Å². The number of hydrogen-bond acceptors (Lipinski definition) is 9. The van der Waals surface area contributed by atoms with E-state index in [1.54, 1.807) is 67.6 Å². The first-order valence-corrected chi connectivity index (χ1v) is 17.3. The molecule has 6 rings (SSSR count). The molecule has 0 aliphatic carbocycles. The fourth-order valence-corrected chi connectivity index (χ4v) is 5.30. The molecule has 2 heterocycles. The molecule has 287 valence electrons. The Labute approximate surface area is 336 Å². The maximum Gasteiger partial charge on any atom is 0.223 e. The third-order valence-electron chi connectivity index (χ3n) is 8.68. The summed E-state index contributed by atoms with van der Waals surface area (Å²) in [5.74, 6) is 0.0138. The van der Waals surface area contributed by atoms with E-state index in [0.717, 1.165) is 11.1 Å². The minimum Gasteiger partial charge on any atom is -0.506 e. The molecular weight excluding hydrogens is 751 g/mol. The molecule has 1 radical (unpaired) electrons. The van der Waals surface area contributed by atoms with E-state index in [0.29, 0.717) is 50.8 Å².